The largest absolute Gasteiger partial charge is 0.476 e. The summed E-state index contributed by atoms with van der Waals surface area (Å²) in [6, 6.07) is 1.39. The maximum atomic E-state index is 13.2. The number of hydrogen-bond donors (Lipinski definition) is 1. The quantitative estimate of drug-likeness (QED) is 0.360. The topological polar surface area (TPSA) is 42.2 Å². The molecular formula is C17H28FNO2S. The van der Waals surface area contributed by atoms with Gasteiger partial charge in [0.05, 0.1) is 6.20 Å². The van der Waals surface area contributed by atoms with Crippen molar-refractivity contribution in [2.75, 3.05) is 5.75 Å². The molecule has 0 aliphatic heterocycles. The van der Waals surface area contributed by atoms with E-state index < -0.39 is 5.97 Å². The number of unbranched alkanes of at least 4 members (excludes halogenated alkanes) is 9. The van der Waals surface area contributed by atoms with Crippen LogP contribution in [0.4, 0.5) is 4.48 Å². The van der Waals surface area contributed by atoms with E-state index in [1.165, 1.54) is 81.8 Å². The second kappa shape index (κ2) is 11.6. The lowest BCUT2D eigenvalue weighted by Crippen LogP contribution is -1.99. The number of carboxylic acids is 1. The van der Waals surface area contributed by atoms with Gasteiger partial charge in [-0.05, 0) is 18.2 Å². The van der Waals surface area contributed by atoms with Crippen molar-refractivity contribution in [3.63, 3.8) is 0 Å². The average molecular weight is 329 g/mol. The Bertz CT molecular complexity index is 434. The van der Waals surface area contributed by atoms with Crippen molar-refractivity contribution in [3.8, 4) is 0 Å². The normalized spacial score (nSPS) is 11.0. The van der Waals surface area contributed by atoms with E-state index in [1.807, 2.05) is 0 Å². The Morgan fingerprint density at radius 2 is 1.64 bits per heavy atom. The highest BCUT2D eigenvalue weighted by molar-refractivity contribution is 7.99. The van der Waals surface area contributed by atoms with Crippen LogP contribution in [0.15, 0.2) is 17.2 Å². The van der Waals surface area contributed by atoms with Crippen LogP contribution in [0.5, 0.6) is 0 Å². The minimum absolute atomic E-state index is 0.184. The third kappa shape index (κ3) is 7.87. The van der Waals surface area contributed by atoms with Crippen LogP contribution in [0.25, 0.3) is 0 Å². The van der Waals surface area contributed by atoms with Crippen molar-refractivity contribution in [2.24, 2.45) is 0 Å². The number of halogens is 1. The zero-order valence-electron chi connectivity index (χ0n) is 13.5. The molecule has 0 aliphatic carbocycles. The van der Waals surface area contributed by atoms with Crippen molar-refractivity contribution in [1.29, 1.82) is 0 Å². The van der Waals surface area contributed by atoms with Gasteiger partial charge in [-0.3, -0.25) is 0 Å². The van der Waals surface area contributed by atoms with E-state index in [0.717, 1.165) is 12.2 Å². The minimum atomic E-state index is -1.23. The summed E-state index contributed by atoms with van der Waals surface area (Å²) in [5.41, 5.74) is -0.300. The van der Waals surface area contributed by atoms with Crippen molar-refractivity contribution in [2.45, 2.75) is 76.0 Å². The summed E-state index contributed by atoms with van der Waals surface area (Å²) < 4.78 is 13.2. The fraction of sp³-hybridized carbons (Fsp3) is 0.706. The lowest BCUT2D eigenvalue weighted by atomic mass is 10.1. The highest BCUT2D eigenvalue weighted by Gasteiger charge is 2.12. The molecule has 0 aromatic carbocycles. The zero-order chi connectivity index (χ0) is 16.2. The predicted octanol–water partition coefficient (Wildman–Crippen LogP) is 5.93. The number of rotatable bonds is 13. The summed E-state index contributed by atoms with van der Waals surface area (Å²) >= 11 is 1.53. The molecular weight excluding hydrogens is 301 g/mol. The molecule has 0 atom stereocenters. The first-order valence-electron chi connectivity index (χ1n) is 8.39. The van der Waals surface area contributed by atoms with E-state index in [2.05, 4.69) is 6.92 Å². The van der Waals surface area contributed by atoms with Crippen molar-refractivity contribution in [1.82, 2.24) is 4.79 Å². The zero-order valence-corrected chi connectivity index (χ0v) is 14.3. The first-order valence-corrected chi connectivity index (χ1v) is 9.38. The molecule has 3 nitrogen and oxygen atoms in total. The summed E-state index contributed by atoms with van der Waals surface area (Å²) in [5.74, 6) is -0.312. The van der Waals surface area contributed by atoms with Gasteiger partial charge in [-0.15, -0.1) is 11.8 Å². The van der Waals surface area contributed by atoms with Gasteiger partial charge in [-0.2, -0.15) is 4.79 Å². The Balaban J connectivity index is 1.97. The number of hydrogen-bond acceptors (Lipinski definition) is 2. The van der Waals surface area contributed by atoms with Gasteiger partial charge in [0, 0.05) is 4.90 Å². The lowest BCUT2D eigenvalue weighted by molar-refractivity contribution is 0.0673. The van der Waals surface area contributed by atoms with E-state index >= 15 is 0 Å². The van der Waals surface area contributed by atoms with Gasteiger partial charge in [0.2, 0.25) is 0 Å². The SMILES string of the molecule is CCCCCCCCCCCCSc1cc(C(=O)O)n(F)c1. The number of aromatic carboxylic acids is 1. The van der Waals surface area contributed by atoms with Gasteiger partial charge in [0.1, 0.15) is 0 Å². The van der Waals surface area contributed by atoms with Crippen LogP contribution in [0.3, 0.4) is 0 Å². The van der Waals surface area contributed by atoms with Crippen LogP contribution in [-0.2, 0) is 0 Å². The van der Waals surface area contributed by atoms with Crippen LogP contribution in [-0.4, -0.2) is 21.6 Å². The van der Waals surface area contributed by atoms with Crippen LogP contribution in [0, 0.1) is 0 Å². The predicted molar refractivity (Wildman–Crippen MR) is 90.5 cm³/mol. The number of thioether (sulfide) groups is 1. The third-order valence-corrected chi connectivity index (χ3v) is 4.78. The van der Waals surface area contributed by atoms with E-state index in [-0.39, 0.29) is 10.5 Å². The molecule has 1 N–H and O–H groups in total. The molecule has 0 aliphatic rings. The molecule has 0 radical (unpaired) electrons. The molecule has 5 heteroatoms. The molecule has 0 fully saturated rings. The standard InChI is InChI=1S/C17H28FNO2S/c1-2-3-4-5-6-7-8-9-10-11-12-22-15-13-16(17(20)21)19(18)14-15/h13-14H,2-12H2,1H3,(H,20,21). The van der Waals surface area contributed by atoms with Gasteiger partial charge >= 0.3 is 5.97 Å². The van der Waals surface area contributed by atoms with Crippen molar-refractivity contribution < 1.29 is 14.4 Å². The van der Waals surface area contributed by atoms with Crippen LogP contribution in [0.2, 0.25) is 0 Å². The summed E-state index contributed by atoms with van der Waals surface area (Å²) in [6.45, 7) is 2.24. The van der Waals surface area contributed by atoms with Crippen LogP contribution in [0.1, 0.15) is 81.6 Å². The molecule has 0 saturated carbocycles. The fourth-order valence-corrected chi connectivity index (χ4v) is 3.37. The second-order valence-corrected chi connectivity index (χ2v) is 6.88. The Kier molecular flexibility index (Phi) is 10.0. The smallest absolute Gasteiger partial charge is 0.355 e. The highest BCUT2D eigenvalue weighted by atomic mass is 32.2. The Labute approximate surface area is 137 Å². The summed E-state index contributed by atoms with van der Waals surface area (Å²) in [5, 5.41) is 8.77. The number of carbonyl (C=O) groups is 1. The molecule has 0 spiro atoms. The Morgan fingerprint density at radius 1 is 1.09 bits per heavy atom. The maximum Gasteiger partial charge on any atom is 0.355 e. The molecule has 1 aromatic rings. The van der Waals surface area contributed by atoms with E-state index in [4.69, 9.17) is 5.11 Å². The molecule has 1 rings (SSSR count). The molecule has 0 saturated heterocycles. The average Bonchev–Trinajstić information content (AvgIpc) is 2.86. The second-order valence-electron chi connectivity index (χ2n) is 5.71. The summed E-state index contributed by atoms with van der Waals surface area (Å²) in [4.78, 5) is 11.6. The molecule has 0 amide bonds. The van der Waals surface area contributed by atoms with E-state index in [9.17, 15) is 9.28 Å². The molecule has 22 heavy (non-hydrogen) atoms. The Morgan fingerprint density at radius 3 is 2.14 bits per heavy atom. The molecule has 1 aromatic heterocycles. The molecule has 126 valence electrons. The highest BCUT2D eigenvalue weighted by Crippen LogP contribution is 2.23. The first-order chi connectivity index (χ1) is 10.6. The van der Waals surface area contributed by atoms with Gasteiger partial charge in [0.15, 0.2) is 5.69 Å². The summed E-state index contributed by atoms with van der Waals surface area (Å²) in [6.07, 6.45) is 14.2. The van der Waals surface area contributed by atoms with Gasteiger partial charge in [0.25, 0.3) is 0 Å². The van der Waals surface area contributed by atoms with Crippen molar-refractivity contribution in [3.05, 3.63) is 18.0 Å². The number of carboxylic acid groups (broad SMARTS) is 1. The van der Waals surface area contributed by atoms with Gasteiger partial charge in [-0.1, -0.05) is 69.2 Å². The maximum absolute atomic E-state index is 13.2. The third-order valence-electron chi connectivity index (χ3n) is 3.74. The van der Waals surface area contributed by atoms with Crippen LogP contribution >= 0.6 is 11.8 Å². The first kappa shape index (κ1) is 19.1. The number of nitrogens with zero attached hydrogens (tertiary/aromatic N) is 1. The fourth-order valence-electron chi connectivity index (χ4n) is 2.43. The lowest BCUT2D eigenvalue weighted by Gasteiger charge is -2.02. The van der Waals surface area contributed by atoms with Gasteiger partial charge < -0.3 is 5.11 Å². The summed E-state index contributed by atoms with van der Waals surface area (Å²) in [7, 11) is 0. The van der Waals surface area contributed by atoms with Crippen molar-refractivity contribution >= 4 is 17.7 Å². The van der Waals surface area contributed by atoms with Gasteiger partial charge in [-0.25, -0.2) is 4.79 Å². The monoisotopic (exact) mass is 329 g/mol. The molecule has 0 bridgehead atoms. The van der Waals surface area contributed by atoms with E-state index in [0.29, 0.717) is 4.90 Å². The molecule has 1 heterocycles. The molecule has 0 unspecified atom stereocenters. The number of aromatic nitrogens is 1. The minimum Gasteiger partial charge on any atom is -0.476 e. The van der Waals surface area contributed by atoms with Crippen LogP contribution < -0.4 is 0 Å². The van der Waals surface area contributed by atoms with E-state index in [1.54, 1.807) is 0 Å². The Hall–Kier alpha value is -0.970.